The smallest absolute Gasteiger partial charge is 0.257 e. The number of ether oxygens (including phenoxy) is 2. The standard InChI is InChI=1S/C20H21NO5/c1-25-13-6-7-15(17(23)8-13)19(24)21-9-16-14-4-2-3-5-18(14)26-12-20(16,10-21)11-22/h2-8,16,22-23H,9-12H2,1H3/t16-,20-/m1/s1. The number of methoxy groups -OCH3 is 1. The second-order valence-electron chi connectivity index (χ2n) is 6.97. The molecule has 6 nitrogen and oxygen atoms in total. The van der Waals surface area contributed by atoms with Crippen LogP contribution >= 0.6 is 0 Å². The molecule has 136 valence electrons. The summed E-state index contributed by atoms with van der Waals surface area (Å²) in [6.45, 7) is 1.16. The average Bonchev–Trinajstić information content (AvgIpc) is 3.08. The summed E-state index contributed by atoms with van der Waals surface area (Å²) in [5, 5.41) is 20.3. The van der Waals surface area contributed by atoms with E-state index in [0.29, 0.717) is 25.4 Å². The summed E-state index contributed by atoms with van der Waals surface area (Å²) < 4.78 is 10.9. The molecule has 0 radical (unpaired) electrons. The molecule has 2 aromatic rings. The Bertz CT molecular complexity index is 852. The molecule has 2 heterocycles. The summed E-state index contributed by atoms with van der Waals surface area (Å²) in [6, 6.07) is 12.4. The number of phenolic OH excluding ortho intramolecular Hbond substituents is 1. The van der Waals surface area contributed by atoms with Gasteiger partial charge in [0.15, 0.2) is 0 Å². The van der Waals surface area contributed by atoms with Gasteiger partial charge in [0.25, 0.3) is 5.91 Å². The van der Waals surface area contributed by atoms with Crippen LogP contribution in [-0.4, -0.2) is 54.4 Å². The van der Waals surface area contributed by atoms with Crippen molar-refractivity contribution in [1.82, 2.24) is 4.90 Å². The molecule has 1 fully saturated rings. The molecule has 2 aromatic carbocycles. The number of amides is 1. The maximum Gasteiger partial charge on any atom is 0.257 e. The van der Waals surface area contributed by atoms with E-state index in [0.717, 1.165) is 11.3 Å². The lowest BCUT2D eigenvalue weighted by molar-refractivity contribution is 0.0440. The molecule has 0 spiro atoms. The van der Waals surface area contributed by atoms with Gasteiger partial charge in [-0.05, 0) is 23.8 Å². The second kappa shape index (κ2) is 6.21. The zero-order valence-corrected chi connectivity index (χ0v) is 14.5. The van der Waals surface area contributed by atoms with E-state index in [1.807, 2.05) is 24.3 Å². The Hall–Kier alpha value is -2.73. The van der Waals surface area contributed by atoms with Crippen LogP contribution in [0.3, 0.4) is 0 Å². The van der Waals surface area contributed by atoms with Crippen molar-refractivity contribution in [3.8, 4) is 17.2 Å². The van der Waals surface area contributed by atoms with Crippen molar-refractivity contribution in [2.75, 3.05) is 33.4 Å². The van der Waals surface area contributed by atoms with E-state index in [1.165, 1.54) is 13.2 Å². The number of rotatable bonds is 3. The molecule has 0 bridgehead atoms. The van der Waals surface area contributed by atoms with Crippen molar-refractivity contribution in [3.05, 3.63) is 53.6 Å². The number of nitrogens with zero attached hydrogens (tertiary/aromatic N) is 1. The first-order valence-corrected chi connectivity index (χ1v) is 8.57. The number of carbonyl (C=O) groups is 1. The molecule has 0 unspecified atom stereocenters. The van der Waals surface area contributed by atoms with E-state index < -0.39 is 5.41 Å². The Morgan fingerprint density at radius 1 is 1.35 bits per heavy atom. The quantitative estimate of drug-likeness (QED) is 0.881. The number of likely N-dealkylation sites (tertiary alicyclic amines) is 1. The molecule has 0 aliphatic carbocycles. The normalized spacial score (nSPS) is 23.8. The third-order valence-electron chi connectivity index (χ3n) is 5.49. The van der Waals surface area contributed by atoms with Crippen LogP contribution in [0, 0.1) is 5.41 Å². The first-order chi connectivity index (χ1) is 12.6. The van der Waals surface area contributed by atoms with Crippen LogP contribution in [0.25, 0.3) is 0 Å². The fourth-order valence-corrected chi connectivity index (χ4v) is 4.01. The fraction of sp³-hybridized carbons (Fsp3) is 0.350. The van der Waals surface area contributed by atoms with Gasteiger partial charge in [-0.2, -0.15) is 0 Å². The van der Waals surface area contributed by atoms with Crippen LogP contribution < -0.4 is 9.47 Å². The van der Waals surface area contributed by atoms with E-state index >= 15 is 0 Å². The third kappa shape index (κ3) is 2.49. The number of aromatic hydroxyl groups is 1. The van der Waals surface area contributed by atoms with E-state index in [-0.39, 0.29) is 29.7 Å². The number of carbonyl (C=O) groups excluding carboxylic acids is 1. The predicted octanol–water partition coefficient (Wildman–Crippen LogP) is 2.01. The molecule has 1 saturated heterocycles. The summed E-state index contributed by atoms with van der Waals surface area (Å²) in [4.78, 5) is 14.7. The van der Waals surface area contributed by atoms with Crippen molar-refractivity contribution in [2.45, 2.75) is 5.92 Å². The number of phenols is 1. The highest BCUT2D eigenvalue weighted by Gasteiger charge is 2.52. The van der Waals surface area contributed by atoms with Gasteiger partial charge in [-0.3, -0.25) is 4.79 Å². The van der Waals surface area contributed by atoms with Gasteiger partial charge < -0.3 is 24.6 Å². The van der Waals surface area contributed by atoms with E-state index in [2.05, 4.69) is 0 Å². The van der Waals surface area contributed by atoms with Crippen LogP contribution in [0.15, 0.2) is 42.5 Å². The highest BCUT2D eigenvalue weighted by atomic mass is 16.5. The minimum atomic E-state index is -0.522. The fourth-order valence-electron chi connectivity index (χ4n) is 4.01. The van der Waals surface area contributed by atoms with Crippen LogP contribution in [0.1, 0.15) is 21.8 Å². The molecule has 6 heteroatoms. The topological polar surface area (TPSA) is 79.2 Å². The SMILES string of the molecule is COc1ccc(C(=O)N2C[C@@H]3c4ccccc4OC[C@]3(CO)C2)c(O)c1. The molecular formula is C20H21NO5. The Morgan fingerprint density at radius 2 is 2.15 bits per heavy atom. The Balaban J connectivity index is 1.65. The molecule has 2 N–H and O–H groups in total. The van der Waals surface area contributed by atoms with Gasteiger partial charge in [0.05, 0.1) is 31.3 Å². The van der Waals surface area contributed by atoms with Crippen molar-refractivity contribution in [1.29, 1.82) is 0 Å². The molecule has 1 amide bonds. The number of benzene rings is 2. The monoisotopic (exact) mass is 355 g/mol. The lowest BCUT2D eigenvalue weighted by Gasteiger charge is -2.37. The van der Waals surface area contributed by atoms with Crippen molar-refractivity contribution < 1.29 is 24.5 Å². The van der Waals surface area contributed by atoms with Gasteiger partial charge in [-0.15, -0.1) is 0 Å². The minimum absolute atomic E-state index is 0.00166. The molecule has 2 aliphatic heterocycles. The van der Waals surface area contributed by atoms with Gasteiger partial charge >= 0.3 is 0 Å². The highest BCUT2D eigenvalue weighted by molar-refractivity contribution is 5.97. The average molecular weight is 355 g/mol. The zero-order chi connectivity index (χ0) is 18.3. The number of para-hydroxylation sites is 1. The van der Waals surface area contributed by atoms with Crippen LogP contribution in [0.2, 0.25) is 0 Å². The maximum absolute atomic E-state index is 13.0. The number of aliphatic hydroxyl groups is 1. The molecule has 26 heavy (non-hydrogen) atoms. The first kappa shape index (κ1) is 16.7. The summed E-state index contributed by atoms with van der Waals surface area (Å²) in [5.74, 6) is 0.928. The van der Waals surface area contributed by atoms with E-state index in [9.17, 15) is 15.0 Å². The molecule has 0 aromatic heterocycles. The molecule has 0 saturated carbocycles. The Labute approximate surface area is 151 Å². The molecule has 2 aliphatic rings. The van der Waals surface area contributed by atoms with E-state index in [4.69, 9.17) is 9.47 Å². The number of hydrogen-bond acceptors (Lipinski definition) is 5. The van der Waals surface area contributed by atoms with Crippen LogP contribution in [-0.2, 0) is 0 Å². The molecular weight excluding hydrogens is 334 g/mol. The lowest BCUT2D eigenvalue weighted by Crippen LogP contribution is -2.42. The highest BCUT2D eigenvalue weighted by Crippen LogP contribution is 2.49. The second-order valence-corrected chi connectivity index (χ2v) is 6.97. The Morgan fingerprint density at radius 3 is 2.88 bits per heavy atom. The van der Waals surface area contributed by atoms with Gasteiger partial charge in [0.1, 0.15) is 17.2 Å². The number of fused-ring (bicyclic) bond motifs is 3. The van der Waals surface area contributed by atoms with Gasteiger partial charge in [0.2, 0.25) is 0 Å². The summed E-state index contributed by atoms with van der Waals surface area (Å²) in [6.07, 6.45) is 0. The van der Waals surface area contributed by atoms with Crippen molar-refractivity contribution >= 4 is 5.91 Å². The molecule has 2 atom stereocenters. The summed E-state index contributed by atoms with van der Waals surface area (Å²) >= 11 is 0. The summed E-state index contributed by atoms with van der Waals surface area (Å²) in [5.41, 5.74) is 0.723. The van der Waals surface area contributed by atoms with Gasteiger partial charge in [-0.25, -0.2) is 0 Å². The lowest BCUT2D eigenvalue weighted by atomic mass is 9.74. The van der Waals surface area contributed by atoms with Crippen LogP contribution in [0.5, 0.6) is 17.2 Å². The van der Waals surface area contributed by atoms with Crippen molar-refractivity contribution in [3.63, 3.8) is 0 Å². The number of hydrogen-bond donors (Lipinski definition) is 2. The Kier molecular flexibility index (Phi) is 4.00. The number of aliphatic hydroxyl groups excluding tert-OH is 1. The van der Waals surface area contributed by atoms with Crippen molar-refractivity contribution in [2.24, 2.45) is 5.41 Å². The van der Waals surface area contributed by atoms with Gasteiger partial charge in [0, 0.05) is 25.1 Å². The molecule has 4 rings (SSSR count). The first-order valence-electron chi connectivity index (χ1n) is 8.57. The minimum Gasteiger partial charge on any atom is -0.507 e. The van der Waals surface area contributed by atoms with Gasteiger partial charge in [-0.1, -0.05) is 18.2 Å². The maximum atomic E-state index is 13.0. The van der Waals surface area contributed by atoms with Crippen LogP contribution in [0.4, 0.5) is 0 Å². The predicted molar refractivity (Wildman–Crippen MR) is 94.8 cm³/mol. The van der Waals surface area contributed by atoms with E-state index in [1.54, 1.807) is 17.0 Å². The zero-order valence-electron chi connectivity index (χ0n) is 14.5. The third-order valence-corrected chi connectivity index (χ3v) is 5.49. The summed E-state index contributed by atoms with van der Waals surface area (Å²) in [7, 11) is 1.50. The largest absolute Gasteiger partial charge is 0.507 e.